The van der Waals surface area contributed by atoms with Crippen LogP contribution in [0.2, 0.25) is 0 Å². The van der Waals surface area contributed by atoms with Gasteiger partial charge in [0.15, 0.2) is 0 Å². The molecule has 0 radical (unpaired) electrons. The number of aliphatic hydroxyl groups excluding tert-OH is 2. The summed E-state index contributed by atoms with van der Waals surface area (Å²) in [5.41, 5.74) is 6.09. The van der Waals surface area contributed by atoms with Gasteiger partial charge in [0.1, 0.15) is 11.5 Å². The lowest BCUT2D eigenvalue weighted by Crippen LogP contribution is -2.36. The van der Waals surface area contributed by atoms with E-state index in [0.717, 1.165) is 54.6 Å². The molecule has 3 fully saturated rings. The molecule has 0 unspecified atom stereocenters. The third-order valence-corrected chi connectivity index (χ3v) is 15.1. The Kier molecular flexibility index (Phi) is 17.5. The average Bonchev–Trinajstić information content (AvgIpc) is 3.31. The highest BCUT2D eigenvalue weighted by molar-refractivity contribution is 5.90. The molecule has 61 heavy (non-hydrogen) atoms. The van der Waals surface area contributed by atoms with Gasteiger partial charge in [-0.15, -0.1) is 0 Å². The van der Waals surface area contributed by atoms with Gasteiger partial charge in [-0.1, -0.05) is 140 Å². The second-order valence-electron chi connectivity index (χ2n) is 18.9. The van der Waals surface area contributed by atoms with E-state index in [9.17, 15) is 19.8 Å². The van der Waals surface area contributed by atoms with Crippen molar-refractivity contribution in [2.24, 2.45) is 23.7 Å². The topological polar surface area (TPSA) is 93.1 Å². The van der Waals surface area contributed by atoms with E-state index in [4.69, 9.17) is 9.47 Å². The smallest absolute Gasteiger partial charge is 0.341 e. The summed E-state index contributed by atoms with van der Waals surface area (Å²) in [7, 11) is 0. The standard InChI is InChI=1S/C55H74O6/c1-5-7-8-9-10-11-41-12-14-42(15-13-41)16-17-43-18-20-45(21-19-43)46-22-24-47(25-23-46)48-32-34-55(35-33-48,49-26-29-51(30-27-49)60-53(58)39(3)37-56)50-28-31-52(44(6-2)36-50)61-54(59)40(4)38-57/h18-21,26-31,36,41-42,46-48,56-57H,3-17,22-25,32-35,37-38H2,1-2H3. The van der Waals surface area contributed by atoms with E-state index in [-0.39, 0.29) is 16.6 Å². The number of rotatable bonds is 20. The number of aliphatic hydroxyl groups is 2. The molecule has 330 valence electrons. The monoisotopic (exact) mass is 831 g/mol. The van der Waals surface area contributed by atoms with Crippen LogP contribution in [0, 0.1) is 23.7 Å². The van der Waals surface area contributed by atoms with Crippen LogP contribution in [-0.2, 0) is 27.8 Å². The summed E-state index contributed by atoms with van der Waals surface area (Å²) in [5, 5.41) is 18.8. The molecule has 3 saturated carbocycles. The summed E-state index contributed by atoms with van der Waals surface area (Å²) in [5.74, 6) is 3.61. The van der Waals surface area contributed by atoms with E-state index in [0.29, 0.717) is 29.8 Å². The molecule has 0 saturated heterocycles. The number of aryl methyl sites for hydroxylation is 2. The summed E-state index contributed by atoms with van der Waals surface area (Å²) in [4.78, 5) is 24.9. The number of esters is 2. The minimum Gasteiger partial charge on any atom is -0.423 e. The molecular weight excluding hydrogens is 757 g/mol. The summed E-state index contributed by atoms with van der Waals surface area (Å²) >= 11 is 0. The van der Waals surface area contributed by atoms with Gasteiger partial charge < -0.3 is 19.7 Å². The van der Waals surface area contributed by atoms with Crippen molar-refractivity contribution in [3.05, 3.63) is 119 Å². The van der Waals surface area contributed by atoms with Crippen molar-refractivity contribution < 1.29 is 29.3 Å². The summed E-state index contributed by atoms with van der Waals surface area (Å²) in [6, 6.07) is 23.7. The minimum atomic E-state index is -0.639. The minimum absolute atomic E-state index is 0.0117. The lowest BCUT2D eigenvalue weighted by Gasteiger charge is -2.45. The average molecular weight is 831 g/mol. The van der Waals surface area contributed by atoms with Gasteiger partial charge in [-0.3, -0.25) is 0 Å². The third kappa shape index (κ3) is 12.3. The predicted octanol–water partition coefficient (Wildman–Crippen LogP) is 12.7. The van der Waals surface area contributed by atoms with Crippen LogP contribution in [-0.4, -0.2) is 35.4 Å². The van der Waals surface area contributed by atoms with Crippen molar-refractivity contribution in [3.8, 4) is 11.5 Å². The van der Waals surface area contributed by atoms with Crippen molar-refractivity contribution in [1.29, 1.82) is 0 Å². The van der Waals surface area contributed by atoms with Crippen LogP contribution in [0.3, 0.4) is 0 Å². The predicted molar refractivity (Wildman–Crippen MR) is 247 cm³/mol. The van der Waals surface area contributed by atoms with Gasteiger partial charge in [-0.25, -0.2) is 9.59 Å². The van der Waals surface area contributed by atoms with Gasteiger partial charge in [0.25, 0.3) is 0 Å². The molecule has 3 aliphatic rings. The fourth-order valence-electron chi connectivity index (χ4n) is 11.0. The second kappa shape index (κ2) is 22.9. The Hall–Kier alpha value is -4.00. The van der Waals surface area contributed by atoms with Gasteiger partial charge in [-0.2, -0.15) is 0 Å². The zero-order chi connectivity index (χ0) is 43.2. The molecule has 0 aromatic heterocycles. The van der Waals surface area contributed by atoms with E-state index in [1.54, 1.807) is 0 Å². The molecule has 3 aromatic rings. The van der Waals surface area contributed by atoms with Crippen molar-refractivity contribution in [2.75, 3.05) is 13.2 Å². The van der Waals surface area contributed by atoms with Gasteiger partial charge >= 0.3 is 11.9 Å². The Labute approximate surface area is 367 Å². The molecule has 0 amide bonds. The number of unbranched alkanes of at least 4 members (excludes halogenated alkanes) is 4. The SMILES string of the molecule is C=C(CO)C(=O)Oc1ccc(C2(c3ccc(OC(=O)C(=C)CO)c(CC)c3)CCC(C3CCC(c4ccc(CCC5CCC(CCCCCCC)CC5)cc4)CC3)CC2)cc1. The molecule has 3 aliphatic carbocycles. The first-order valence-electron chi connectivity index (χ1n) is 24.0. The van der Waals surface area contributed by atoms with E-state index in [1.807, 2.05) is 18.2 Å². The fourth-order valence-corrected chi connectivity index (χ4v) is 11.0. The summed E-state index contributed by atoms with van der Waals surface area (Å²) < 4.78 is 11.2. The Morgan fingerprint density at radius 1 is 0.639 bits per heavy atom. The number of ether oxygens (including phenoxy) is 2. The molecule has 0 aliphatic heterocycles. The van der Waals surface area contributed by atoms with Crippen LogP contribution < -0.4 is 9.47 Å². The maximum absolute atomic E-state index is 12.5. The molecular formula is C55H74O6. The van der Waals surface area contributed by atoms with Gasteiger partial charge in [-0.05, 0) is 146 Å². The molecule has 6 heteroatoms. The largest absolute Gasteiger partial charge is 0.423 e. The first kappa shape index (κ1) is 46.5. The maximum atomic E-state index is 12.5. The van der Waals surface area contributed by atoms with Crippen LogP contribution >= 0.6 is 0 Å². The highest BCUT2D eigenvalue weighted by Crippen LogP contribution is 2.51. The number of benzene rings is 3. The Morgan fingerprint density at radius 2 is 1.21 bits per heavy atom. The van der Waals surface area contributed by atoms with Gasteiger partial charge in [0, 0.05) is 5.41 Å². The van der Waals surface area contributed by atoms with Crippen molar-refractivity contribution in [2.45, 2.75) is 160 Å². The quantitative estimate of drug-likeness (QED) is 0.0510. The van der Waals surface area contributed by atoms with E-state index in [1.165, 1.54) is 119 Å². The van der Waals surface area contributed by atoms with E-state index < -0.39 is 25.2 Å². The number of hydrogen-bond donors (Lipinski definition) is 2. The Balaban J connectivity index is 1.04. The highest BCUT2D eigenvalue weighted by atomic mass is 16.5. The number of hydrogen-bond acceptors (Lipinski definition) is 6. The van der Waals surface area contributed by atoms with Crippen LogP contribution in [0.5, 0.6) is 11.5 Å². The molecule has 6 nitrogen and oxygen atoms in total. The lowest BCUT2D eigenvalue weighted by molar-refractivity contribution is -0.131. The Bertz CT molecular complexity index is 1870. The van der Waals surface area contributed by atoms with Gasteiger partial charge in [0.05, 0.1) is 24.4 Å². The zero-order valence-corrected chi connectivity index (χ0v) is 37.4. The molecule has 0 spiro atoms. The zero-order valence-electron chi connectivity index (χ0n) is 37.4. The molecule has 6 rings (SSSR count). The number of carbonyl (C=O) groups is 2. The summed E-state index contributed by atoms with van der Waals surface area (Å²) in [6.45, 7) is 10.7. The van der Waals surface area contributed by atoms with Crippen LogP contribution in [0.25, 0.3) is 0 Å². The normalized spacial score (nSPS) is 24.2. The number of carbonyl (C=O) groups excluding carboxylic acids is 2. The molecule has 0 heterocycles. The first-order valence-corrected chi connectivity index (χ1v) is 24.0. The fraction of sp³-hybridized carbons (Fsp3) is 0.564. The molecule has 0 bridgehead atoms. The molecule has 0 atom stereocenters. The second-order valence-corrected chi connectivity index (χ2v) is 18.9. The van der Waals surface area contributed by atoms with E-state index >= 15 is 0 Å². The highest BCUT2D eigenvalue weighted by Gasteiger charge is 2.41. The van der Waals surface area contributed by atoms with Crippen molar-refractivity contribution >= 4 is 11.9 Å². The molecule has 3 aromatic carbocycles. The molecule has 2 N–H and O–H groups in total. The first-order chi connectivity index (χ1) is 29.7. The van der Waals surface area contributed by atoms with Crippen molar-refractivity contribution in [3.63, 3.8) is 0 Å². The lowest BCUT2D eigenvalue weighted by atomic mass is 9.59. The van der Waals surface area contributed by atoms with Crippen LogP contribution in [0.15, 0.2) is 91.0 Å². The van der Waals surface area contributed by atoms with Gasteiger partial charge in [0.2, 0.25) is 0 Å². The summed E-state index contributed by atoms with van der Waals surface area (Å²) in [6.07, 6.45) is 26.9. The van der Waals surface area contributed by atoms with Crippen LogP contribution in [0.4, 0.5) is 0 Å². The van der Waals surface area contributed by atoms with E-state index in [2.05, 4.69) is 75.5 Å². The third-order valence-electron chi connectivity index (χ3n) is 15.1. The van der Waals surface area contributed by atoms with Crippen LogP contribution in [0.1, 0.15) is 170 Å². The van der Waals surface area contributed by atoms with Crippen molar-refractivity contribution in [1.82, 2.24) is 0 Å². The maximum Gasteiger partial charge on any atom is 0.341 e. The Morgan fingerprint density at radius 3 is 1.82 bits per heavy atom.